The fourth-order valence-electron chi connectivity index (χ4n) is 2.71. The molecule has 1 aromatic rings. The third kappa shape index (κ3) is 3.90. The molecule has 1 aliphatic rings. The summed E-state index contributed by atoms with van der Waals surface area (Å²) in [6.07, 6.45) is 2.07. The van der Waals surface area contributed by atoms with Crippen molar-refractivity contribution < 1.29 is 14.4 Å². The van der Waals surface area contributed by atoms with Gasteiger partial charge in [-0.1, -0.05) is 12.1 Å². The zero-order valence-corrected chi connectivity index (χ0v) is 12.2. The molecule has 0 aromatic heterocycles. The summed E-state index contributed by atoms with van der Waals surface area (Å²) in [4.78, 5) is 10.5. The quantitative estimate of drug-likeness (QED) is 0.491. The zero-order chi connectivity index (χ0) is 15.4. The SMILES string of the molecule is CC1CC(OCc2cccc([N+](=O)[O-])c2NN)CC(C)O1. The van der Waals surface area contributed by atoms with E-state index in [1.165, 1.54) is 6.07 Å². The van der Waals surface area contributed by atoms with Gasteiger partial charge in [0, 0.05) is 11.6 Å². The minimum Gasteiger partial charge on any atom is -0.375 e. The fraction of sp³-hybridized carbons (Fsp3) is 0.571. The molecule has 7 heteroatoms. The highest BCUT2D eigenvalue weighted by Gasteiger charge is 2.25. The Hall–Kier alpha value is -1.70. The van der Waals surface area contributed by atoms with E-state index in [0.29, 0.717) is 11.3 Å². The van der Waals surface area contributed by atoms with E-state index >= 15 is 0 Å². The maximum Gasteiger partial charge on any atom is 0.294 e. The molecule has 0 amide bonds. The van der Waals surface area contributed by atoms with Crippen molar-refractivity contribution >= 4 is 11.4 Å². The zero-order valence-electron chi connectivity index (χ0n) is 12.2. The van der Waals surface area contributed by atoms with Crippen molar-refractivity contribution in [2.45, 2.75) is 51.6 Å². The van der Waals surface area contributed by atoms with Crippen molar-refractivity contribution in [3.05, 3.63) is 33.9 Å². The molecule has 0 saturated carbocycles. The van der Waals surface area contributed by atoms with Crippen LogP contribution in [0, 0.1) is 10.1 Å². The number of nitrogens with one attached hydrogen (secondary N) is 1. The van der Waals surface area contributed by atoms with Gasteiger partial charge in [0.2, 0.25) is 0 Å². The summed E-state index contributed by atoms with van der Waals surface area (Å²) in [5.74, 6) is 5.41. The van der Waals surface area contributed by atoms with E-state index in [4.69, 9.17) is 15.3 Å². The number of hydrogen-bond acceptors (Lipinski definition) is 6. The second kappa shape index (κ2) is 6.84. The lowest BCUT2D eigenvalue weighted by Crippen LogP contribution is -2.34. The van der Waals surface area contributed by atoms with Gasteiger partial charge in [0.05, 0.1) is 29.8 Å². The molecule has 2 unspecified atom stereocenters. The molecule has 0 spiro atoms. The van der Waals surface area contributed by atoms with Gasteiger partial charge in [0.25, 0.3) is 5.69 Å². The molecule has 1 aromatic carbocycles. The molecule has 0 aliphatic carbocycles. The first-order valence-electron chi connectivity index (χ1n) is 7.01. The monoisotopic (exact) mass is 295 g/mol. The Kier molecular flexibility index (Phi) is 5.11. The largest absolute Gasteiger partial charge is 0.375 e. The van der Waals surface area contributed by atoms with Gasteiger partial charge >= 0.3 is 0 Å². The smallest absolute Gasteiger partial charge is 0.294 e. The molecule has 0 bridgehead atoms. The topological polar surface area (TPSA) is 99.7 Å². The molecule has 1 saturated heterocycles. The van der Waals surface area contributed by atoms with Crippen LogP contribution in [0.3, 0.4) is 0 Å². The Labute approximate surface area is 123 Å². The number of anilines is 1. The number of hydrazine groups is 1. The van der Waals surface area contributed by atoms with Crippen molar-refractivity contribution in [3.8, 4) is 0 Å². The highest BCUT2D eigenvalue weighted by Crippen LogP contribution is 2.29. The van der Waals surface area contributed by atoms with E-state index in [0.717, 1.165) is 12.8 Å². The minimum absolute atomic E-state index is 0.0488. The van der Waals surface area contributed by atoms with Crippen molar-refractivity contribution in [2.75, 3.05) is 5.43 Å². The van der Waals surface area contributed by atoms with Crippen LogP contribution in [-0.4, -0.2) is 23.2 Å². The maximum absolute atomic E-state index is 11.0. The number of nitrogens with two attached hydrogens (primary N) is 1. The van der Waals surface area contributed by atoms with Crippen LogP contribution in [0.15, 0.2) is 18.2 Å². The van der Waals surface area contributed by atoms with Gasteiger partial charge in [0.1, 0.15) is 5.69 Å². The summed E-state index contributed by atoms with van der Waals surface area (Å²) in [6, 6.07) is 4.82. The highest BCUT2D eigenvalue weighted by molar-refractivity contribution is 5.65. The molecule has 0 radical (unpaired) electrons. The number of rotatable bonds is 5. The number of benzene rings is 1. The second-order valence-electron chi connectivity index (χ2n) is 5.37. The molecule has 21 heavy (non-hydrogen) atoms. The van der Waals surface area contributed by atoms with E-state index in [2.05, 4.69) is 5.43 Å². The number of nitrogen functional groups attached to an aromatic ring is 1. The van der Waals surface area contributed by atoms with Crippen LogP contribution in [0.2, 0.25) is 0 Å². The first-order valence-corrected chi connectivity index (χ1v) is 7.01. The Morgan fingerprint density at radius 3 is 2.67 bits per heavy atom. The highest BCUT2D eigenvalue weighted by atomic mass is 16.6. The van der Waals surface area contributed by atoms with Crippen LogP contribution in [0.5, 0.6) is 0 Å². The lowest BCUT2D eigenvalue weighted by atomic mass is 10.0. The molecule has 1 heterocycles. The van der Waals surface area contributed by atoms with E-state index in [-0.39, 0.29) is 30.6 Å². The third-order valence-corrected chi connectivity index (χ3v) is 3.60. The Morgan fingerprint density at radius 1 is 1.43 bits per heavy atom. The van der Waals surface area contributed by atoms with Crippen molar-refractivity contribution in [1.29, 1.82) is 0 Å². The summed E-state index contributed by atoms with van der Waals surface area (Å²) >= 11 is 0. The summed E-state index contributed by atoms with van der Waals surface area (Å²) in [6.45, 7) is 4.32. The van der Waals surface area contributed by atoms with Gasteiger partial charge in [-0.05, 0) is 26.7 Å². The van der Waals surface area contributed by atoms with E-state index in [9.17, 15) is 10.1 Å². The Balaban J connectivity index is 2.06. The van der Waals surface area contributed by atoms with Crippen molar-refractivity contribution in [3.63, 3.8) is 0 Å². The van der Waals surface area contributed by atoms with Crippen LogP contribution in [-0.2, 0) is 16.1 Å². The molecule has 3 N–H and O–H groups in total. The minimum atomic E-state index is -0.461. The van der Waals surface area contributed by atoms with Gasteiger partial charge in [0.15, 0.2) is 0 Å². The van der Waals surface area contributed by atoms with Crippen LogP contribution >= 0.6 is 0 Å². The van der Waals surface area contributed by atoms with E-state index in [1.54, 1.807) is 12.1 Å². The predicted octanol–water partition coefficient (Wildman–Crippen LogP) is 2.35. The van der Waals surface area contributed by atoms with Crippen molar-refractivity contribution in [1.82, 2.24) is 0 Å². The second-order valence-corrected chi connectivity index (χ2v) is 5.37. The number of para-hydroxylation sites is 1. The number of ether oxygens (including phenoxy) is 2. The van der Waals surface area contributed by atoms with Crippen molar-refractivity contribution in [2.24, 2.45) is 5.84 Å². The maximum atomic E-state index is 11.0. The average molecular weight is 295 g/mol. The summed E-state index contributed by atoms with van der Waals surface area (Å²) < 4.78 is 11.6. The molecular formula is C14H21N3O4. The molecule has 116 valence electrons. The van der Waals surface area contributed by atoms with Gasteiger partial charge in [-0.25, -0.2) is 0 Å². The first-order chi connectivity index (χ1) is 10.0. The summed E-state index contributed by atoms with van der Waals surface area (Å²) in [5.41, 5.74) is 3.34. The standard InChI is InChI=1S/C14H21N3O4/c1-9-6-12(7-10(2)21-9)20-8-11-4-3-5-13(17(18)19)14(11)16-15/h3-5,9-10,12,16H,6-8,15H2,1-2H3. The van der Waals surface area contributed by atoms with Gasteiger partial charge in [-0.3, -0.25) is 16.0 Å². The number of nitro groups is 1. The number of nitrogens with zero attached hydrogens (tertiary/aromatic N) is 1. The van der Waals surface area contributed by atoms with Crippen LogP contribution in [0.4, 0.5) is 11.4 Å². The normalized spacial score (nSPS) is 25.6. The van der Waals surface area contributed by atoms with Gasteiger partial charge < -0.3 is 14.9 Å². The predicted molar refractivity (Wildman–Crippen MR) is 78.7 cm³/mol. The van der Waals surface area contributed by atoms with E-state index in [1.807, 2.05) is 13.8 Å². The van der Waals surface area contributed by atoms with Crippen LogP contribution < -0.4 is 11.3 Å². The third-order valence-electron chi connectivity index (χ3n) is 3.60. The molecular weight excluding hydrogens is 274 g/mol. The lowest BCUT2D eigenvalue weighted by molar-refractivity contribution is -0.384. The molecule has 2 rings (SSSR count). The number of nitro benzene ring substituents is 1. The first kappa shape index (κ1) is 15.7. The lowest BCUT2D eigenvalue weighted by Gasteiger charge is -2.32. The molecule has 7 nitrogen and oxygen atoms in total. The Morgan fingerprint density at radius 2 is 2.10 bits per heavy atom. The van der Waals surface area contributed by atoms with Crippen LogP contribution in [0.1, 0.15) is 32.3 Å². The summed E-state index contributed by atoms with van der Waals surface area (Å²) in [7, 11) is 0. The molecule has 2 atom stereocenters. The van der Waals surface area contributed by atoms with Gasteiger partial charge in [-0.2, -0.15) is 0 Å². The number of hydrogen-bond donors (Lipinski definition) is 2. The van der Waals surface area contributed by atoms with Crippen LogP contribution in [0.25, 0.3) is 0 Å². The van der Waals surface area contributed by atoms with E-state index < -0.39 is 4.92 Å². The van der Waals surface area contributed by atoms with Gasteiger partial charge in [-0.15, -0.1) is 0 Å². The average Bonchev–Trinajstić information content (AvgIpc) is 2.43. The molecule has 1 fully saturated rings. The molecule has 1 aliphatic heterocycles. The summed E-state index contributed by atoms with van der Waals surface area (Å²) in [5, 5.41) is 11.0. The Bertz CT molecular complexity index is 499. The fourth-order valence-corrected chi connectivity index (χ4v) is 2.71.